The second-order valence-corrected chi connectivity index (χ2v) is 5.28. The quantitative estimate of drug-likeness (QED) is 0.803. The summed E-state index contributed by atoms with van der Waals surface area (Å²) in [5.41, 5.74) is 7.93. The van der Waals surface area contributed by atoms with Crippen LogP contribution in [0.3, 0.4) is 0 Å². The number of anilines is 1. The number of hydrogen-bond donors (Lipinski definition) is 1. The van der Waals surface area contributed by atoms with Gasteiger partial charge in [0.15, 0.2) is 5.82 Å². The summed E-state index contributed by atoms with van der Waals surface area (Å²) in [6.45, 7) is 2.00. The van der Waals surface area contributed by atoms with E-state index in [4.69, 9.17) is 15.2 Å². The number of nitrogens with zero attached hydrogens (tertiary/aromatic N) is 2. The van der Waals surface area contributed by atoms with Gasteiger partial charge in [-0.25, -0.2) is 9.97 Å². The molecule has 5 nitrogen and oxygen atoms in total. The standard InChI is InChI=1S/C11H15N3O2S/c12-10-7-5-15-2-1-8(7)13-11(14-10)9-6-17-4-3-16-9/h9H,1-6H2,(H2,12,13,14). The molecule has 1 fully saturated rings. The van der Waals surface area contributed by atoms with Crippen LogP contribution in [0.25, 0.3) is 0 Å². The fourth-order valence-corrected chi connectivity index (χ4v) is 2.90. The van der Waals surface area contributed by atoms with Crippen molar-refractivity contribution in [3.8, 4) is 0 Å². The molecule has 0 radical (unpaired) electrons. The monoisotopic (exact) mass is 253 g/mol. The van der Waals surface area contributed by atoms with Crippen LogP contribution in [0.4, 0.5) is 5.82 Å². The van der Waals surface area contributed by atoms with Gasteiger partial charge in [0.2, 0.25) is 0 Å². The highest BCUT2D eigenvalue weighted by Crippen LogP contribution is 2.27. The Morgan fingerprint density at radius 1 is 1.29 bits per heavy atom. The molecule has 2 aliphatic rings. The Labute approximate surface area is 104 Å². The molecule has 92 valence electrons. The Bertz CT molecular complexity index is 421. The summed E-state index contributed by atoms with van der Waals surface area (Å²) in [6.07, 6.45) is 0.804. The lowest BCUT2D eigenvalue weighted by Gasteiger charge is -2.23. The van der Waals surface area contributed by atoms with E-state index < -0.39 is 0 Å². The summed E-state index contributed by atoms with van der Waals surface area (Å²) in [5, 5.41) is 0. The molecule has 0 spiro atoms. The smallest absolute Gasteiger partial charge is 0.160 e. The molecule has 1 saturated heterocycles. The van der Waals surface area contributed by atoms with Crippen molar-refractivity contribution < 1.29 is 9.47 Å². The lowest BCUT2D eigenvalue weighted by atomic mass is 10.1. The predicted molar refractivity (Wildman–Crippen MR) is 65.8 cm³/mol. The highest BCUT2D eigenvalue weighted by atomic mass is 32.2. The van der Waals surface area contributed by atoms with Crippen molar-refractivity contribution in [2.24, 2.45) is 0 Å². The van der Waals surface area contributed by atoms with Gasteiger partial charge in [-0.1, -0.05) is 0 Å². The second-order valence-electron chi connectivity index (χ2n) is 4.13. The van der Waals surface area contributed by atoms with E-state index in [2.05, 4.69) is 9.97 Å². The minimum atomic E-state index is -0.0100. The van der Waals surface area contributed by atoms with E-state index in [1.807, 2.05) is 11.8 Å². The van der Waals surface area contributed by atoms with E-state index in [9.17, 15) is 0 Å². The van der Waals surface area contributed by atoms with Gasteiger partial charge in [-0.2, -0.15) is 11.8 Å². The first-order chi connectivity index (χ1) is 8.34. The largest absolute Gasteiger partial charge is 0.383 e. The van der Waals surface area contributed by atoms with Gasteiger partial charge in [0.1, 0.15) is 11.9 Å². The molecule has 1 atom stereocenters. The molecule has 3 heterocycles. The van der Waals surface area contributed by atoms with Crippen LogP contribution >= 0.6 is 11.8 Å². The summed E-state index contributed by atoms with van der Waals surface area (Å²) in [4.78, 5) is 8.95. The maximum Gasteiger partial charge on any atom is 0.160 e. The van der Waals surface area contributed by atoms with Gasteiger partial charge in [0, 0.05) is 23.5 Å². The van der Waals surface area contributed by atoms with E-state index in [1.54, 1.807) is 0 Å². The van der Waals surface area contributed by atoms with Gasteiger partial charge in [-0.3, -0.25) is 0 Å². The van der Waals surface area contributed by atoms with Gasteiger partial charge in [0.05, 0.1) is 25.5 Å². The lowest BCUT2D eigenvalue weighted by molar-refractivity contribution is 0.0682. The van der Waals surface area contributed by atoms with E-state index >= 15 is 0 Å². The summed E-state index contributed by atoms with van der Waals surface area (Å²) in [5.74, 6) is 3.23. The zero-order valence-electron chi connectivity index (χ0n) is 9.52. The van der Waals surface area contributed by atoms with Gasteiger partial charge >= 0.3 is 0 Å². The summed E-state index contributed by atoms with van der Waals surface area (Å²) in [7, 11) is 0. The van der Waals surface area contributed by atoms with Crippen molar-refractivity contribution in [2.75, 3.05) is 30.5 Å². The zero-order valence-corrected chi connectivity index (χ0v) is 10.3. The van der Waals surface area contributed by atoms with Crippen LogP contribution in [0.1, 0.15) is 23.2 Å². The van der Waals surface area contributed by atoms with Crippen molar-refractivity contribution in [3.05, 3.63) is 17.1 Å². The van der Waals surface area contributed by atoms with E-state index in [0.717, 1.165) is 41.6 Å². The van der Waals surface area contributed by atoms with Crippen molar-refractivity contribution in [1.82, 2.24) is 9.97 Å². The molecule has 0 aliphatic carbocycles. The molecular weight excluding hydrogens is 238 g/mol. The number of rotatable bonds is 1. The van der Waals surface area contributed by atoms with Crippen molar-refractivity contribution in [2.45, 2.75) is 19.1 Å². The first kappa shape index (κ1) is 11.3. The average molecular weight is 253 g/mol. The number of thioether (sulfide) groups is 1. The maximum absolute atomic E-state index is 5.96. The minimum absolute atomic E-state index is 0.0100. The third-order valence-electron chi connectivity index (χ3n) is 2.98. The summed E-state index contributed by atoms with van der Waals surface area (Å²) >= 11 is 1.87. The Balaban J connectivity index is 1.92. The Morgan fingerprint density at radius 3 is 3.06 bits per heavy atom. The SMILES string of the molecule is Nc1nc(C2CSCCO2)nc2c1COCC2. The average Bonchev–Trinajstić information content (AvgIpc) is 2.40. The Kier molecular flexibility index (Phi) is 3.17. The molecule has 2 aliphatic heterocycles. The number of nitrogen functional groups attached to an aromatic ring is 1. The predicted octanol–water partition coefficient (Wildman–Crippen LogP) is 0.936. The minimum Gasteiger partial charge on any atom is -0.383 e. The highest BCUT2D eigenvalue weighted by molar-refractivity contribution is 7.99. The first-order valence-electron chi connectivity index (χ1n) is 5.77. The third kappa shape index (κ3) is 2.25. The summed E-state index contributed by atoms with van der Waals surface area (Å²) < 4.78 is 11.0. The number of fused-ring (bicyclic) bond motifs is 1. The van der Waals surface area contributed by atoms with Crippen LogP contribution < -0.4 is 5.73 Å². The topological polar surface area (TPSA) is 70.3 Å². The molecule has 1 aromatic heterocycles. The maximum atomic E-state index is 5.96. The molecule has 1 unspecified atom stereocenters. The lowest BCUT2D eigenvalue weighted by Crippen LogP contribution is -2.22. The Hall–Kier alpha value is -0.850. The van der Waals surface area contributed by atoms with Crippen LogP contribution in [0, 0.1) is 0 Å². The van der Waals surface area contributed by atoms with Gasteiger partial charge in [-0.15, -0.1) is 0 Å². The molecule has 0 aromatic carbocycles. The van der Waals surface area contributed by atoms with E-state index in [0.29, 0.717) is 19.0 Å². The highest BCUT2D eigenvalue weighted by Gasteiger charge is 2.23. The van der Waals surface area contributed by atoms with Crippen molar-refractivity contribution >= 4 is 17.6 Å². The molecule has 6 heteroatoms. The zero-order chi connectivity index (χ0) is 11.7. The molecule has 3 rings (SSSR count). The number of nitrogens with two attached hydrogens (primary N) is 1. The molecule has 2 N–H and O–H groups in total. The van der Waals surface area contributed by atoms with Gasteiger partial charge in [0.25, 0.3) is 0 Å². The fraction of sp³-hybridized carbons (Fsp3) is 0.636. The van der Waals surface area contributed by atoms with Crippen LogP contribution in [0.2, 0.25) is 0 Å². The normalized spacial score (nSPS) is 24.4. The van der Waals surface area contributed by atoms with E-state index in [1.165, 1.54) is 0 Å². The van der Waals surface area contributed by atoms with Crippen LogP contribution in [-0.2, 0) is 22.5 Å². The van der Waals surface area contributed by atoms with Crippen molar-refractivity contribution in [1.29, 1.82) is 0 Å². The van der Waals surface area contributed by atoms with Crippen LogP contribution in [-0.4, -0.2) is 34.7 Å². The van der Waals surface area contributed by atoms with Crippen LogP contribution in [0.5, 0.6) is 0 Å². The van der Waals surface area contributed by atoms with Gasteiger partial charge < -0.3 is 15.2 Å². The summed E-state index contributed by atoms with van der Waals surface area (Å²) in [6, 6.07) is 0. The van der Waals surface area contributed by atoms with Crippen LogP contribution in [0.15, 0.2) is 0 Å². The number of ether oxygens (including phenoxy) is 2. The number of aromatic nitrogens is 2. The fourth-order valence-electron chi connectivity index (χ4n) is 2.06. The van der Waals surface area contributed by atoms with Gasteiger partial charge in [-0.05, 0) is 0 Å². The third-order valence-corrected chi connectivity index (χ3v) is 3.97. The molecule has 0 saturated carbocycles. The molecule has 1 aromatic rings. The van der Waals surface area contributed by atoms with E-state index in [-0.39, 0.29) is 6.10 Å². The molecular formula is C11H15N3O2S. The van der Waals surface area contributed by atoms with Crippen molar-refractivity contribution in [3.63, 3.8) is 0 Å². The molecule has 0 amide bonds. The Morgan fingerprint density at radius 2 is 2.24 bits per heavy atom. The second kappa shape index (κ2) is 4.80. The number of hydrogen-bond acceptors (Lipinski definition) is 6. The first-order valence-corrected chi connectivity index (χ1v) is 6.92. The molecule has 17 heavy (non-hydrogen) atoms. The molecule has 0 bridgehead atoms.